The highest BCUT2D eigenvalue weighted by Gasteiger charge is 2.59. The lowest BCUT2D eigenvalue weighted by Gasteiger charge is -2.23. The molecule has 0 aliphatic carbocycles. The number of anilines is 1. The van der Waals surface area contributed by atoms with Gasteiger partial charge in [0.15, 0.2) is 0 Å². The molecule has 126 valence electrons. The van der Waals surface area contributed by atoms with Crippen molar-refractivity contribution in [3.05, 3.63) is 29.3 Å². The topological polar surface area (TPSA) is 60.9 Å². The molecule has 7 heteroatoms. The van der Waals surface area contributed by atoms with Gasteiger partial charge in [0, 0.05) is 23.8 Å². The molecule has 4 amide bonds. The molecule has 0 unspecified atom stereocenters. The van der Waals surface area contributed by atoms with Crippen molar-refractivity contribution in [2.45, 2.75) is 37.8 Å². The van der Waals surface area contributed by atoms with Crippen molar-refractivity contribution in [1.29, 1.82) is 0 Å². The summed E-state index contributed by atoms with van der Waals surface area (Å²) < 4.78 is 0. The summed E-state index contributed by atoms with van der Waals surface area (Å²) in [5.41, 5.74) is -0.0388. The molecule has 6 nitrogen and oxygen atoms in total. The smallest absolute Gasteiger partial charge is 0.311 e. The van der Waals surface area contributed by atoms with Gasteiger partial charge in [-0.15, -0.1) is 0 Å². The number of amides is 4. The summed E-state index contributed by atoms with van der Waals surface area (Å²) in [5, 5.41) is 0.598. The molecule has 0 N–H and O–H groups in total. The lowest BCUT2D eigenvalue weighted by molar-refractivity contribution is -0.136. The summed E-state index contributed by atoms with van der Waals surface area (Å²) >= 11 is 5.89. The second kappa shape index (κ2) is 5.21. The number of halogens is 1. The van der Waals surface area contributed by atoms with Gasteiger partial charge in [-0.05, 0) is 50.5 Å². The first-order chi connectivity index (χ1) is 11.4. The molecule has 0 spiro atoms. The Morgan fingerprint density at radius 2 is 1.83 bits per heavy atom. The number of benzene rings is 1. The third kappa shape index (κ3) is 1.99. The van der Waals surface area contributed by atoms with E-state index in [4.69, 9.17) is 11.6 Å². The van der Waals surface area contributed by atoms with E-state index in [9.17, 15) is 14.4 Å². The van der Waals surface area contributed by atoms with Gasteiger partial charge in [-0.2, -0.15) is 0 Å². The first-order valence-electron chi connectivity index (χ1n) is 8.16. The normalized spacial score (nSPS) is 29.8. The minimum Gasteiger partial charge on any atom is -0.311 e. The first-order valence-corrected chi connectivity index (χ1v) is 8.53. The fourth-order valence-corrected chi connectivity index (χ4v) is 4.15. The molecule has 2 atom stereocenters. The van der Waals surface area contributed by atoms with E-state index in [0.717, 1.165) is 12.1 Å². The largest absolute Gasteiger partial charge is 0.328 e. The maximum atomic E-state index is 12.8. The average molecular weight is 348 g/mol. The van der Waals surface area contributed by atoms with E-state index in [1.54, 1.807) is 41.0 Å². The Balaban J connectivity index is 1.60. The molecule has 3 fully saturated rings. The van der Waals surface area contributed by atoms with Gasteiger partial charge in [0.25, 0.3) is 5.91 Å². The van der Waals surface area contributed by atoms with Gasteiger partial charge in [-0.25, -0.2) is 9.69 Å². The lowest BCUT2D eigenvalue weighted by Crippen LogP contribution is -2.47. The van der Waals surface area contributed by atoms with E-state index in [0.29, 0.717) is 31.0 Å². The van der Waals surface area contributed by atoms with Gasteiger partial charge in [0.2, 0.25) is 5.91 Å². The van der Waals surface area contributed by atoms with Crippen molar-refractivity contribution in [2.24, 2.45) is 0 Å². The van der Waals surface area contributed by atoms with Crippen LogP contribution in [-0.4, -0.2) is 52.3 Å². The second-order valence-corrected chi connectivity index (χ2v) is 7.19. The van der Waals surface area contributed by atoms with Crippen LogP contribution in [0, 0.1) is 0 Å². The van der Waals surface area contributed by atoms with Crippen LogP contribution in [0.3, 0.4) is 0 Å². The minimum atomic E-state index is -0.773. The highest BCUT2D eigenvalue weighted by Crippen LogP contribution is 2.40. The van der Waals surface area contributed by atoms with E-state index in [1.807, 2.05) is 0 Å². The van der Waals surface area contributed by atoms with Crippen molar-refractivity contribution >= 4 is 35.1 Å². The van der Waals surface area contributed by atoms with Crippen LogP contribution < -0.4 is 4.90 Å². The van der Waals surface area contributed by atoms with Crippen molar-refractivity contribution in [3.8, 4) is 0 Å². The number of rotatable bonds is 2. The maximum absolute atomic E-state index is 12.8. The number of imide groups is 1. The minimum absolute atomic E-state index is 0.205. The lowest BCUT2D eigenvalue weighted by atomic mass is 9.99. The van der Waals surface area contributed by atoms with Gasteiger partial charge >= 0.3 is 6.03 Å². The van der Waals surface area contributed by atoms with Crippen LogP contribution in [0.2, 0.25) is 5.02 Å². The van der Waals surface area contributed by atoms with Gasteiger partial charge in [0.05, 0.1) is 0 Å². The van der Waals surface area contributed by atoms with Gasteiger partial charge < -0.3 is 9.80 Å². The summed E-state index contributed by atoms with van der Waals surface area (Å²) in [6, 6.07) is 5.96. The quantitative estimate of drug-likeness (QED) is 0.771. The molecule has 0 bridgehead atoms. The SMILES string of the molecule is C[C@]12CCCN1C(=O)N([C@H]1CCN(c3ccc(Cl)cc3)C1=O)C2=O. The molecule has 1 aromatic rings. The van der Waals surface area contributed by atoms with Crippen molar-refractivity contribution in [2.75, 3.05) is 18.0 Å². The van der Waals surface area contributed by atoms with Gasteiger partial charge in [-0.3, -0.25) is 9.59 Å². The van der Waals surface area contributed by atoms with Crippen LogP contribution in [0.25, 0.3) is 0 Å². The summed E-state index contributed by atoms with van der Waals surface area (Å²) in [5.74, 6) is -0.440. The van der Waals surface area contributed by atoms with E-state index < -0.39 is 11.6 Å². The molecular weight excluding hydrogens is 330 g/mol. The van der Waals surface area contributed by atoms with E-state index >= 15 is 0 Å². The van der Waals surface area contributed by atoms with Crippen molar-refractivity contribution in [1.82, 2.24) is 9.80 Å². The zero-order valence-electron chi connectivity index (χ0n) is 13.4. The molecule has 1 aromatic carbocycles. The van der Waals surface area contributed by atoms with Crippen LogP contribution in [0.5, 0.6) is 0 Å². The van der Waals surface area contributed by atoms with Crippen LogP contribution >= 0.6 is 11.6 Å². The van der Waals surface area contributed by atoms with Gasteiger partial charge in [0.1, 0.15) is 11.6 Å². The van der Waals surface area contributed by atoms with E-state index in [2.05, 4.69) is 0 Å². The zero-order chi connectivity index (χ0) is 17.1. The molecule has 3 aliphatic rings. The Labute approximate surface area is 144 Å². The summed E-state index contributed by atoms with van der Waals surface area (Å²) in [7, 11) is 0. The molecular formula is C17H18ClN3O3. The predicted octanol–water partition coefficient (Wildman–Crippen LogP) is 2.26. The number of fused-ring (bicyclic) bond motifs is 1. The van der Waals surface area contributed by atoms with Gasteiger partial charge in [-0.1, -0.05) is 11.6 Å². The Hall–Kier alpha value is -2.08. The van der Waals surface area contributed by atoms with Crippen LogP contribution in [0.1, 0.15) is 26.2 Å². The fraction of sp³-hybridized carbons (Fsp3) is 0.471. The Bertz CT molecular complexity index is 735. The van der Waals surface area contributed by atoms with Crippen molar-refractivity contribution < 1.29 is 14.4 Å². The molecule has 3 heterocycles. The Morgan fingerprint density at radius 3 is 2.50 bits per heavy atom. The summed E-state index contributed by atoms with van der Waals surface area (Å²) in [6.07, 6.45) is 1.95. The number of carbonyl (C=O) groups excluding carboxylic acids is 3. The highest BCUT2D eigenvalue weighted by atomic mass is 35.5. The second-order valence-electron chi connectivity index (χ2n) is 6.76. The van der Waals surface area contributed by atoms with Crippen LogP contribution in [0.4, 0.5) is 10.5 Å². The molecule has 4 rings (SSSR count). The highest BCUT2D eigenvalue weighted by molar-refractivity contribution is 6.30. The summed E-state index contributed by atoms with van der Waals surface area (Å²) in [4.78, 5) is 42.7. The monoisotopic (exact) mass is 347 g/mol. The molecule has 0 aromatic heterocycles. The maximum Gasteiger partial charge on any atom is 0.328 e. The third-order valence-electron chi connectivity index (χ3n) is 5.38. The van der Waals surface area contributed by atoms with Crippen LogP contribution in [-0.2, 0) is 9.59 Å². The number of urea groups is 1. The fourth-order valence-electron chi connectivity index (χ4n) is 4.03. The molecule has 3 saturated heterocycles. The molecule has 0 radical (unpaired) electrons. The number of carbonyl (C=O) groups is 3. The molecule has 3 aliphatic heterocycles. The third-order valence-corrected chi connectivity index (χ3v) is 5.64. The zero-order valence-corrected chi connectivity index (χ0v) is 14.1. The number of hydrogen-bond acceptors (Lipinski definition) is 3. The molecule has 0 saturated carbocycles. The van der Waals surface area contributed by atoms with E-state index in [1.165, 1.54) is 4.90 Å². The number of nitrogens with zero attached hydrogens (tertiary/aromatic N) is 3. The van der Waals surface area contributed by atoms with E-state index in [-0.39, 0.29) is 17.8 Å². The average Bonchev–Trinajstić information content (AvgIpc) is 3.17. The Morgan fingerprint density at radius 1 is 1.12 bits per heavy atom. The Kier molecular flexibility index (Phi) is 3.35. The number of hydrogen-bond donors (Lipinski definition) is 0. The first kappa shape index (κ1) is 15.4. The summed E-state index contributed by atoms with van der Waals surface area (Å²) in [6.45, 7) is 2.87. The standard InChI is InChI=1S/C17H18ClN3O3/c1-17-8-2-9-20(17)16(24)21(15(17)23)13-7-10-19(14(13)22)12-5-3-11(18)4-6-12/h3-6,13H,2,7-10H2,1H3/t13-,17+/m0/s1. The van der Waals surface area contributed by atoms with Crippen LogP contribution in [0.15, 0.2) is 24.3 Å². The predicted molar refractivity (Wildman–Crippen MR) is 88.8 cm³/mol. The molecule has 24 heavy (non-hydrogen) atoms. The van der Waals surface area contributed by atoms with Crippen molar-refractivity contribution in [3.63, 3.8) is 0 Å².